The summed E-state index contributed by atoms with van der Waals surface area (Å²) < 4.78 is 5.31. The molecule has 5 nitrogen and oxygen atoms in total. The molecule has 0 aromatic carbocycles. The number of likely N-dealkylation sites (N-methyl/N-ethyl adjacent to an activating group) is 1. The maximum absolute atomic E-state index is 11.5. The summed E-state index contributed by atoms with van der Waals surface area (Å²) in [5.74, 6) is 5.01. The lowest BCUT2D eigenvalue weighted by molar-refractivity contribution is -0.130. The second kappa shape index (κ2) is 4.92. The lowest BCUT2D eigenvalue weighted by atomic mass is 9.91. The minimum Gasteiger partial charge on any atom is -0.380 e. The maximum atomic E-state index is 11.5. The van der Waals surface area contributed by atoms with Crippen molar-refractivity contribution < 1.29 is 9.53 Å². The largest absolute Gasteiger partial charge is 0.380 e. The molecule has 0 bridgehead atoms. The zero-order chi connectivity index (χ0) is 11.5. The number of carbonyl (C=O) groups excluding carboxylic acids is 1. The summed E-state index contributed by atoms with van der Waals surface area (Å²) in [6.07, 6.45) is 1.04. The molecular weight excluding hydrogens is 194 g/mol. The summed E-state index contributed by atoms with van der Waals surface area (Å²) in [7, 11) is 2.02. The molecule has 1 saturated heterocycles. The molecule has 1 rings (SSSR count). The fourth-order valence-corrected chi connectivity index (χ4v) is 1.89. The summed E-state index contributed by atoms with van der Waals surface area (Å²) >= 11 is 0. The Morgan fingerprint density at radius 2 is 2.33 bits per heavy atom. The fraction of sp³-hybridized carbons (Fsp3) is 0.900. The SMILES string of the molecule is CN(CC(C)(C)C(=O)NN)C1CCOC1. The first kappa shape index (κ1) is 12.4. The molecule has 3 N–H and O–H groups in total. The normalized spacial score (nSPS) is 22.1. The Kier molecular flexibility index (Phi) is 4.07. The van der Waals surface area contributed by atoms with E-state index in [0.29, 0.717) is 12.6 Å². The molecule has 15 heavy (non-hydrogen) atoms. The van der Waals surface area contributed by atoms with Gasteiger partial charge in [-0.25, -0.2) is 5.84 Å². The summed E-state index contributed by atoms with van der Waals surface area (Å²) in [6, 6.07) is 0.426. The van der Waals surface area contributed by atoms with Crippen molar-refractivity contribution in [2.24, 2.45) is 11.3 Å². The molecule has 1 aliphatic rings. The standard InChI is InChI=1S/C10H21N3O2/c1-10(2,9(14)12-11)7-13(3)8-4-5-15-6-8/h8H,4-7,11H2,1-3H3,(H,12,14). The van der Waals surface area contributed by atoms with Gasteiger partial charge in [-0.3, -0.25) is 15.1 Å². The predicted octanol–water partition coefficient (Wildman–Crippen LogP) is -0.277. The Hall–Kier alpha value is -0.650. The van der Waals surface area contributed by atoms with Gasteiger partial charge < -0.3 is 4.74 Å². The smallest absolute Gasteiger partial charge is 0.240 e. The number of hydrogen-bond acceptors (Lipinski definition) is 4. The lowest BCUT2D eigenvalue weighted by Gasteiger charge is -2.31. The van der Waals surface area contributed by atoms with Gasteiger partial charge in [0.15, 0.2) is 0 Å². The third-order valence-corrected chi connectivity index (χ3v) is 2.92. The van der Waals surface area contributed by atoms with E-state index in [0.717, 1.165) is 19.6 Å². The molecule has 1 heterocycles. The number of hydrazine groups is 1. The number of hydrogen-bond donors (Lipinski definition) is 2. The van der Waals surface area contributed by atoms with E-state index in [9.17, 15) is 4.79 Å². The van der Waals surface area contributed by atoms with E-state index in [-0.39, 0.29) is 5.91 Å². The van der Waals surface area contributed by atoms with Crippen molar-refractivity contribution in [2.45, 2.75) is 26.3 Å². The van der Waals surface area contributed by atoms with Crippen molar-refractivity contribution in [2.75, 3.05) is 26.8 Å². The summed E-state index contributed by atoms with van der Waals surface area (Å²) in [5.41, 5.74) is 1.74. The Bertz CT molecular complexity index is 225. The van der Waals surface area contributed by atoms with Crippen molar-refractivity contribution >= 4 is 5.91 Å². The zero-order valence-electron chi connectivity index (χ0n) is 9.75. The highest BCUT2D eigenvalue weighted by molar-refractivity contribution is 5.81. The van der Waals surface area contributed by atoms with Crippen LogP contribution in [0.5, 0.6) is 0 Å². The third kappa shape index (κ3) is 3.15. The van der Waals surface area contributed by atoms with E-state index in [1.807, 2.05) is 20.9 Å². The van der Waals surface area contributed by atoms with Gasteiger partial charge in [-0.2, -0.15) is 0 Å². The number of amides is 1. The van der Waals surface area contributed by atoms with E-state index in [2.05, 4.69) is 10.3 Å². The predicted molar refractivity (Wildman–Crippen MR) is 58.0 cm³/mol. The van der Waals surface area contributed by atoms with Crippen LogP contribution in [0.15, 0.2) is 0 Å². The van der Waals surface area contributed by atoms with Crippen LogP contribution < -0.4 is 11.3 Å². The molecule has 88 valence electrons. The minimum absolute atomic E-state index is 0.131. The monoisotopic (exact) mass is 215 g/mol. The molecule has 1 amide bonds. The van der Waals surface area contributed by atoms with Crippen LogP contribution in [0.25, 0.3) is 0 Å². The van der Waals surface area contributed by atoms with Gasteiger partial charge in [0, 0.05) is 19.2 Å². The van der Waals surface area contributed by atoms with Crippen LogP contribution in [0.3, 0.4) is 0 Å². The molecule has 0 aromatic rings. The highest BCUT2D eigenvalue weighted by Crippen LogP contribution is 2.20. The highest BCUT2D eigenvalue weighted by atomic mass is 16.5. The summed E-state index contributed by atoms with van der Waals surface area (Å²) in [6.45, 7) is 6.04. The Morgan fingerprint density at radius 1 is 1.67 bits per heavy atom. The molecule has 5 heteroatoms. The molecule has 1 fully saturated rings. The molecule has 0 aromatic heterocycles. The van der Waals surface area contributed by atoms with E-state index in [1.54, 1.807) is 0 Å². The number of rotatable bonds is 4. The van der Waals surface area contributed by atoms with Crippen molar-refractivity contribution in [1.82, 2.24) is 10.3 Å². The average Bonchev–Trinajstić information content (AvgIpc) is 2.68. The number of ether oxygens (including phenoxy) is 1. The van der Waals surface area contributed by atoms with E-state index in [1.165, 1.54) is 0 Å². The number of nitrogens with two attached hydrogens (primary N) is 1. The van der Waals surface area contributed by atoms with Crippen LogP contribution in [0.4, 0.5) is 0 Å². The van der Waals surface area contributed by atoms with Gasteiger partial charge in [0.25, 0.3) is 0 Å². The van der Waals surface area contributed by atoms with Crippen molar-refractivity contribution in [3.05, 3.63) is 0 Å². The second-order valence-corrected chi connectivity index (χ2v) is 4.79. The first-order valence-electron chi connectivity index (χ1n) is 5.26. The average molecular weight is 215 g/mol. The number of nitrogens with one attached hydrogen (secondary N) is 1. The summed E-state index contributed by atoms with van der Waals surface area (Å²) in [5, 5.41) is 0. The second-order valence-electron chi connectivity index (χ2n) is 4.79. The van der Waals surface area contributed by atoms with Crippen LogP contribution >= 0.6 is 0 Å². The quantitative estimate of drug-likeness (QED) is 0.384. The number of carbonyl (C=O) groups is 1. The number of nitrogens with zero attached hydrogens (tertiary/aromatic N) is 1. The van der Waals surface area contributed by atoms with E-state index >= 15 is 0 Å². The third-order valence-electron chi connectivity index (χ3n) is 2.92. The molecule has 0 radical (unpaired) electrons. The molecule has 0 aliphatic carbocycles. The Labute approximate surface area is 90.9 Å². The van der Waals surface area contributed by atoms with Gasteiger partial charge in [0.2, 0.25) is 5.91 Å². The first-order valence-corrected chi connectivity index (χ1v) is 5.26. The van der Waals surface area contributed by atoms with Gasteiger partial charge in [-0.05, 0) is 27.3 Å². The Morgan fingerprint density at radius 3 is 2.80 bits per heavy atom. The molecule has 1 aliphatic heterocycles. The molecule has 0 spiro atoms. The van der Waals surface area contributed by atoms with Crippen LogP contribution in [0, 0.1) is 5.41 Å². The molecule has 1 unspecified atom stereocenters. The topological polar surface area (TPSA) is 67.6 Å². The van der Waals surface area contributed by atoms with Gasteiger partial charge in [0.1, 0.15) is 0 Å². The van der Waals surface area contributed by atoms with Crippen molar-refractivity contribution in [3.63, 3.8) is 0 Å². The fourth-order valence-electron chi connectivity index (χ4n) is 1.89. The van der Waals surface area contributed by atoms with Crippen LogP contribution in [0.1, 0.15) is 20.3 Å². The van der Waals surface area contributed by atoms with Gasteiger partial charge in [0.05, 0.1) is 12.0 Å². The molecule has 0 saturated carbocycles. The lowest BCUT2D eigenvalue weighted by Crippen LogP contribution is -2.48. The van der Waals surface area contributed by atoms with Crippen LogP contribution in [-0.4, -0.2) is 43.7 Å². The van der Waals surface area contributed by atoms with Gasteiger partial charge >= 0.3 is 0 Å². The van der Waals surface area contributed by atoms with E-state index < -0.39 is 5.41 Å². The van der Waals surface area contributed by atoms with Crippen LogP contribution in [0.2, 0.25) is 0 Å². The maximum Gasteiger partial charge on any atom is 0.240 e. The van der Waals surface area contributed by atoms with Crippen molar-refractivity contribution in [1.29, 1.82) is 0 Å². The van der Waals surface area contributed by atoms with Crippen LogP contribution in [-0.2, 0) is 9.53 Å². The molecular formula is C10H21N3O2. The zero-order valence-corrected chi connectivity index (χ0v) is 9.75. The molecule has 1 atom stereocenters. The minimum atomic E-state index is -0.466. The highest BCUT2D eigenvalue weighted by Gasteiger charge is 2.31. The van der Waals surface area contributed by atoms with Gasteiger partial charge in [-0.15, -0.1) is 0 Å². The van der Waals surface area contributed by atoms with Crippen molar-refractivity contribution in [3.8, 4) is 0 Å². The summed E-state index contributed by atoms with van der Waals surface area (Å²) in [4.78, 5) is 13.7. The van der Waals surface area contributed by atoms with E-state index in [4.69, 9.17) is 10.6 Å². The Balaban J connectivity index is 2.48. The first-order chi connectivity index (χ1) is 6.97. The van der Waals surface area contributed by atoms with Gasteiger partial charge in [-0.1, -0.05) is 0 Å².